The fraction of sp³-hybridized carbons (Fsp3) is 0.725. The van der Waals surface area contributed by atoms with Crippen LogP contribution in [-0.2, 0) is 79.0 Å². The first-order chi connectivity index (χ1) is 36.9. The molecule has 2 saturated carbocycles. The molecule has 0 radical (unpaired) electrons. The van der Waals surface area contributed by atoms with Crippen LogP contribution in [0.3, 0.4) is 0 Å². The van der Waals surface area contributed by atoms with Crippen molar-refractivity contribution in [2.24, 2.45) is 17.8 Å². The van der Waals surface area contributed by atoms with Crippen LogP contribution in [0, 0.1) is 17.8 Å². The molecule has 2 aromatic rings. The molecule has 4 aliphatic rings. The Morgan fingerprint density at radius 3 is 2.13 bits per heavy atom. The first-order valence-electron chi connectivity index (χ1n) is 26.4. The van der Waals surface area contributed by atoms with E-state index in [1.54, 1.807) is 7.05 Å². The maximum absolute atomic E-state index is 14.0. The van der Waals surface area contributed by atoms with Gasteiger partial charge in [-0.15, -0.1) is 0 Å². The molecule has 6 unspecified atom stereocenters. The Kier molecular flexibility index (Phi) is 23.4. The highest BCUT2D eigenvalue weighted by molar-refractivity contribution is 7.86. The van der Waals surface area contributed by atoms with Gasteiger partial charge in [0.2, 0.25) is 5.91 Å². The van der Waals surface area contributed by atoms with Crippen molar-refractivity contribution in [2.75, 3.05) is 46.6 Å². The van der Waals surface area contributed by atoms with E-state index >= 15 is 0 Å². The molecule has 2 heterocycles. The van der Waals surface area contributed by atoms with Gasteiger partial charge in [0.1, 0.15) is 55.6 Å². The van der Waals surface area contributed by atoms with Gasteiger partial charge in [0.25, 0.3) is 20.2 Å². The number of hydrogen-bond donors (Lipinski definition) is 10. The number of ketones is 2. The minimum Gasteiger partial charge on any atom is -0.479 e. The van der Waals surface area contributed by atoms with Gasteiger partial charge in [-0.05, 0) is 92.1 Å². The molecule has 440 valence electrons. The Bertz CT molecular complexity index is 2560. The molecule has 1 amide bonds. The summed E-state index contributed by atoms with van der Waals surface area (Å²) in [6, 6.07) is 4.43. The average molecular weight is 1150 g/mol. The molecule has 4 fully saturated rings. The van der Waals surface area contributed by atoms with Gasteiger partial charge in [-0.1, -0.05) is 51.5 Å². The number of aliphatic carboxylic acids is 1. The van der Waals surface area contributed by atoms with Crippen LogP contribution in [0.1, 0.15) is 90.0 Å². The minimum atomic E-state index is -4.76. The molecular formula is C51H76N2O23S2. The fourth-order valence-electron chi connectivity index (χ4n) is 10.9. The van der Waals surface area contributed by atoms with Gasteiger partial charge < -0.3 is 74.4 Å². The highest BCUT2D eigenvalue weighted by Crippen LogP contribution is 2.41. The van der Waals surface area contributed by atoms with Crippen molar-refractivity contribution >= 4 is 54.5 Å². The number of Topliss-reactive ketones (excluding diaryl/α,β-unsaturated/α-hetero) is 2. The summed E-state index contributed by atoms with van der Waals surface area (Å²) in [6.07, 6.45) is -9.94. The van der Waals surface area contributed by atoms with Crippen molar-refractivity contribution in [1.82, 2.24) is 10.6 Å². The normalized spacial score (nSPS) is 30.7. The first kappa shape index (κ1) is 63.5. The standard InChI is InChI=1S/C51H76N2O23S2/c1-4-29-18-32(37(56)11-8-14-53-41(57)26-71-16-15-70-25-33(55)19-30-21-35(78(67,68)69)22-31-20-34(77(64,65)66)12-13-36(30)31)23-38(47(29)76-51-46(61)45(60)43(58)27(2)72-51)74-50-42(52-3)48(44(59)40(24-54)75-50)73-39(49(62)63)17-28-9-6-5-7-10-28/h12-13,20-22,27-29,32,38-40,42-48,50-52,54,58-61H,4-11,14-19,23-26H2,1-3H3,(H,53,57)(H,62,63)(H,64,65,66)(H,67,68,69)/t27?,29?,32?,38-,39+,40+,42?,43-,44+,45+,46?,47-,48?,50-,51+/m1/s1. The second-order valence-corrected chi connectivity index (χ2v) is 23.5. The van der Waals surface area contributed by atoms with Gasteiger partial charge in [-0.25, -0.2) is 4.79 Å². The summed E-state index contributed by atoms with van der Waals surface area (Å²) in [4.78, 5) is 50.9. The SMILES string of the molecule is CCC1CC(C(=O)CCCNC(=O)COCCOCC(=O)Cc2cc(S(=O)(=O)O)cc3cc(S(=O)(=O)O)ccc23)C[C@@H](O[C@@H]2O[C@@H](CO)[C@H](O)C(O[C@@H](CC3CCCCC3)C(=O)O)C2NC)[C@@H]1O[C@@H]1OC(C)[C@@H](O)[C@H](O)C1O. The highest BCUT2D eigenvalue weighted by Gasteiger charge is 2.52. The molecular weight excluding hydrogens is 1070 g/mol. The Balaban J connectivity index is 1.02. The molecule has 6 rings (SSSR count). The lowest BCUT2D eigenvalue weighted by atomic mass is 9.74. The maximum atomic E-state index is 14.0. The lowest BCUT2D eigenvalue weighted by Gasteiger charge is -2.49. The molecule has 25 nitrogen and oxygen atoms in total. The number of nitrogens with one attached hydrogen (secondary N) is 2. The van der Waals surface area contributed by atoms with Crippen LogP contribution in [0.5, 0.6) is 0 Å². The maximum Gasteiger partial charge on any atom is 0.332 e. The van der Waals surface area contributed by atoms with Gasteiger partial charge in [0.05, 0.1) is 54.0 Å². The summed E-state index contributed by atoms with van der Waals surface area (Å²) in [6.45, 7) is 1.77. The molecule has 2 aliphatic carbocycles. The van der Waals surface area contributed by atoms with Crippen LogP contribution in [0.2, 0.25) is 0 Å². The Morgan fingerprint density at radius 2 is 1.49 bits per heavy atom. The van der Waals surface area contributed by atoms with Crippen LogP contribution in [-0.4, -0.2) is 206 Å². The number of carboxylic acid groups (broad SMARTS) is 1. The van der Waals surface area contributed by atoms with Crippen molar-refractivity contribution in [3.63, 3.8) is 0 Å². The number of aliphatic hydroxyl groups excluding tert-OH is 5. The third-order valence-electron chi connectivity index (χ3n) is 15.1. The van der Waals surface area contributed by atoms with Crippen molar-refractivity contribution in [1.29, 1.82) is 0 Å². The Morgan fingerprint density at radius 1 is 0.808 bits per heavy atom. The van der Waals surface area contributed by atoms with Crippen LogP contribution < -0.4 is 10.6 Å². The van der Waals surface area contributed by atoms with E-state index in [0.29, 0.717) is 18.2 Å². The number of ether oxygens (including phenoxy) is 7. The summed E-state index contributed by atoms with van der Waals surface area (Å²) in [5, 5.41) is 70.2. The van der Waals surface area contributed by atoms with Crippen LogP contribution >= 0.6 is 0 Å². The van der Waals surface area contributed by atoms with Crippen LogP contribution in [0.4, 0.5) is 0 Å². The second-order valence-electron chi connectivity index (χ2n) is 20.6. The third kappa shape index (κ3) is 16.9. The highest BCUT2D eigenvalue weighted by atomic mass is 32.2. The van der Waals surface area contributed by atoms with E-state index in [1.165, 1.54) is 13.0 Å². The monoisotopic (exact) mass is 1150 g/mol. The van der Waals surface area contributed by atoms with Crippen molar-refractivity contribution < 1.29 is 109 Å². The lowest BCUT2D eigenvalue weighted by Crippen LogP contribution is -2.66. The van der Waals surface area contributed by atoms with Crippen molar-refractivity contribution in [3.05, 3.63) is 35.9 Å². The van der Waals surface area contributed by atoms with E-state index in [2.05, 4.69) is 10.6 Å². The summed E-state index contributed by atoms with van der Waals surface area (Å²) < 4.78 is 108. The van der Waals surface area contributed by atoms with Gasteiger partial charge in [-0.3, -0.25) is 23.5 Å². The Labute approximate surface area is 453 Å². The molecule has 0 bridgehead atoms. The zero-order valence-electron chi connectivity index (χ0n) is 43.9. The van der Waals surface area contributed by atoms with E-state index < -0.39 is 152 Å². The topological polar surface area (TPSA) is 387 Å². The molecule has 78 heavy (non-hydrogen) atoms. The quantitative estimate of drug-likeness (QED) is 0.0408. The zero-order valence-corrected chi connectivity index (χ0v) is 45.5. The number of amides is 1. The molecule has 0 aromatic heterocycles. The number of carbonyl (C=O) groups is 4. The number of rotatable bonds is 28. The smallest absolute Gasteiger partial charge is 0.332 e. The number of carbonyl (C=O) groups excluding carboxylic acids is 3. The average Bonchev–Trinajstić information content (AvgIpc) is 3.49. The molecule has 2 aromatic carbocycles. The third-order valence-corrected chi connectivity index (χ3v) is 16.8. The number of hydrogen-bond acceptors (Lipinski definition) is 21. The molecule has 10 N–H and O–H groups in total. The molecule has 27 heteroatoms. The number of benzene rings is 2. The number of likely N-dealkylation sites (N-methyl/N-ethyl adjacent to an activating group) is 1. The molecule has 0 spiro atoms. The van der Waals surface area contributed by atoms with Gasteiger partial charge in [0.15, 0.2) is 24.5 Å². The Hall–Kier alpha value is -3.72. The number of carboxylic acids is 1. The first-order valence-corrected chi connectivity index (χ1v) is 29.3. The van der Waals surface area contributed by atoms with Crippen LogP contribution in [0.15, 0.2) is 40.1 Å². The number of aliphatic hydroxyl groups is 5. The molecule has 2 saturated heterocycles. The van der Waals surface area contributed by atoms with Crippen molar-refractivity contribution in [3.8, 4) is 0 Å². The predicted octanol–water partition coefficient (Wildman–Crippen LogP) is 0.453. The fourth-order valence-corrected chi connectivity index (χ4v) is 12.0. The van der Waals surface area contributed by atoms with E-state index in [-0.39, 0.29) is 81.1 Å². The van der Waals surface area contributed by atoms with E-state index in [4.69, 9.17) is 33.2 Å². The largest absolute Gasteiger partial charge is 0.479 e. The number of fused-ring (bicyclic) bond motifs is 1. The van der Waals surface area contributed by atoms with Gasteiger partial charge in [0, 0.05) is 25.3 Å². The second kappa shape index (κ2) is 28.8. The predicted molar refractivity (Wildman–Crippen MR) is 272 cm³/mol. The van der Waals surface area contributed by atoms with Gasteiger partial charge >= 0.3 is 5.97 Å². The summed E-state index contributed by atoms with van der Waals surface area (Å²) in [7, 11) is -7.86. The van der Waals surface area contributed by atoms with Crippen LogP contribution in [0.25, 0.3) is 10.8 Å². The molecule has 15 atom stereocenters. The minimum absolute atomic E-state index is 0.0293. The lowest BCUT2D eigenvalue weighted by molar-refractivity contribution is -0.338. The van der Waals surface area contributed by atoms with E-state index in [9.17, 15) is 75.8 Å². The zero-order chi connectivity index (χ0) is 57.1. The van der Waals surface area contributed by atoms with Crippen molar-refractivity contribution in [2.45, 2.75) is 180 Å². The summed E-state index contributed by atoms with van der Waals surface area (Å²) >= 11 is 0. The van der Waals surface area contributed by atoms with E-state index in [1.807, 2.05) is 6.92 Å². The van der Waals surface area contributed by atoms with Gasteiger partial charge in [-0.2, -0.15) is 16.8 Å². The summed E-state index contributed by atoms with van der Waals surface area (Å²) in [5.41, 5.74) is 0.142. The molecule has 2 aliphatic heterocycles. The summed E-state index contributed by atoms with van der Waals surface area (Å²) in [5.74, 6) is -3.30. The van der Waals surface area contributed by atoms with E-state index in [0.717, 1.165) is 56.4 Å².